The quantitative estimate of drug-likeness (QED) is 0.191. The predicted octanol–water partition coefficient (Wildman–Crippen LogP) is 4.85. The molecule has 12 heteroatoms. The van der Waals surface area contributed by atoms with E-state index in [-0.39, 0.29) is 29.5 Å². The minimum Gasteiger partial charge on any atom is -0.453 e. The van der Waals surface area contributed by atoms with Crippen molar-refractivity contribution in [1.82, 2.24) is 14.5 Å². The molecule has 3 heterocycles. The normalized spacial score (nSPS) is 22.4. The summed E-state index contributed by atoms with van der Waals surface area (Å²) >= 11 is 1.18. The summed E-state index contributed by atoms with van der Waals surface area (Å²) in [5, 5.41) is 13.1. The molecule has 1 amide bonds. The van der Waals surface area contributed by atoms with Gasteiger partial charge in [0.15, 0.2) is 11.6 Å². The average Bonchev–Trinajstić information content (AvgIpc) is 3.56. The Balaban J connectivity index is 1.26. The molecule has 0 aromatic heterocycles. The Hall–Kier alpha value is -3.24. The molecule has 3 fully saturated rings. The van der Waals surface area contributed by atoms with E-state index in [1.54, 1.807) is 23.1 Å². The molecule has 2 aromatic rings. The van der Waals surface area contributed by atoms with Gasteiger partial charge in [-0.3, -0.25) is 9.69 Å². The van der Waals surface area contributed by atoms with E-state index in [0.29, 0.717) is 36.7 Å². The lowest BCUT2D eigenvalue weighted by molar-refractivity contribution is -0.116. The zero-order chi connectivity index (χ0) is 28.1. The van der Waals surface area contributed by atoms with Gasteiger partial charge in [-0.2, -0.15) is 5.26 Å². The molecule has 0 saturated carbocycles. The number of nitrogens with one attached hydrogen (secondary N) is 2. The van der Waals surface area contributed by atoms with Gasteiger partial charge in [0, 0.05) is 25.2 Å². The summed E-state index contributed by atoms with van der Waals surface area (Å²) in [7, 11) is 0. The van der Waals surface area contributed by atoms with Gasteiger partial charge in [0.1, 0.15) is 23.6 Å². The molecule has 5 rings (SSSR count). The Bertz CT molecular complexity index is 1300. The van der Waals surface area contributed by atoms with Gasteiger partial charge in [-0.1, -0.05) is 0 Å². The summed E-state index contributed by atoms with van der Waals surface area (Å²) in [4.78, 5) is 17.9. The number of nitrogens with zero attached hydrogens (tertiary/aromatic N) is 4. The van der Waals surface area contributed by atoms with E-state index < -0.39 is 12.0 Å². The van der Waals surface area contributed by atoms with Crippen molar-refractivity contribution >= 4 is 36.3 Å². The molecule has 40 heavy (non-hydrogen) atoms. The summed E-state index contributed by atoms with van der Waals surface area (Å²) in [6, 6.07) is 9.67. The molecule has 2 unspecified atom stereocenters. The second kappa shape index (κ2) is 12.5. The number of benzene rings is 2. The van der Waals surface area contributed by atoms with Crippen LogP contribution < -0.4 is 14.8 Å². The summed E-state index contributed by atoms with van der Waals surface area (Å²) in [6.07, 6.45) is 4.51. The van der Waals surface area contributed by atoms with Crippen molar-refractivity contribution in [3.8, 4) is 17.6 Å². The third kappa shape index (κ3) is 6.39. The van der Waals surface area contributed by atoms with E-state index >= 15 is 0 Å². The fourth-order valence-corrected chi connectivity index (χ4v) is 6.10. The van der Waals surface area contributed by atoms with E-state index in [0.717, 1.165) is 44.3 Å². The molecule has 0 bridgehead atoms. The van der Waals surface area contributed by atoms with Gasteiger partial charge in [0.05, 0.1) is 36.0 Å². The molecule has 212 valence electrons. The fourth-order valence-electron chi connectivity index (χ4n) is 5.27. The fraction of sp³-hybridized carbons (Fsp3) is 0.464. The number of aryl methyl sites for hydroxylation is 1. The van der Waals surface area contributed by atoms with Crippen LogP contribution in [-0.2, 0) is 9.53 Å². The zero-order valence-corrected chi connectivity index (χ0v) is 23.1. The molecule has 9 nitrogen and oxygen atoms in total. The number of aliphatic imine (C=N–C) groups is 1. The third-order valence-electron chi connectivity index (χ3n) is 7.57. The van der Waals surface area contributed by atoms with Crippen LogP contribution in [0.4, 0.5) is 20.2 Å². The van der Waals surface area contributed by atoms with Crippen molar-refractivity contribution in [3.63, 3.8) is 0 Å². The van der Waals surface area contributed by atoms with Gasteiger partial charge in [-0.05, 0) is 81.6 Å². The Kier molecular flexibility index (Phi) is 8.85. The maximum Gasteiger partial charge on any atom is 0.215 e. The topological polar surface area (TPSA) is 102 Å². The number of nitriles is 1. The number of rotatable bonds is 9. The highest BCUT2D eigenvalue weighted by Crippen LogP contribution is 2.37. The lowest BCUT2D eigenvalue weighted by Gasteiger charge is -2.33. The van der Waals surface area contributed by atoms with Crippen molar-refractivity contribution in [1.29, 1.82) is 5.26 Å². The minimum absolute atomic E-state index is 0.00942. The molecule has 0 radical (unpaired) electrons. The van der Waals surface area contributed by atoms with E-state index in [9.17, 15) is 18.8 Å². The number of amides is 1. The van der Waals surface area contributed by atoms with Crippen LogP contribution in [0.25, 0.3) is 0 Å². The van der Waals surface area contributed by atoms with Crippen LogP contribution in [0, 0.1) is 24.1 Å². The molecule has 2 aromatic carbocycles. The van der Waals surface area contributed by atoms with E-state index in [2.05, 4.69) is 15.0 Å². The molecule has 0 aliphatic carbocycles. The van der Waals surface area contributed by atoms with Crippen LogP contribution in [0.3, 0.4) is 0 Å². The number of piperidine rings is 1. The summed E-state index contributed by atoms with van der Waals surface area (Å²) in [5.41, 5.74) is 1.58. The molecule has 2 N–H and O–H groups in total. The van der Waals surface area contributed by atoms with Gasteiger partial charge < -0.3 is 19.5 Å². The predicted molar refractivity (Wildman–Crippen MR) is 150 cm³/mol. The highest BCUT2D eigenvalue weighted by molar-refractivity contribution is 7.98. The Labute approximate surface area is 236 Å². The number of halogens is 2. The molecule has 1 spiro atoms. The van der Waals surface area contributed by atoms with Crippen LogP contribution in [0.1, 0.15) is 36.8 Å². The van der Waals surface area contributed by atoms with Crippen molar-refractivity contribution in [2.24, 2.45) is 4.99 Å². The number of ether oxygens (including phenoxy) is 2. The SMILES string of the molecule is Cc1cc(Oc2c(F)ccc(NSN3CCC(F)C3)c2C#N)ccc1/N=C\N(C=O)C1COC2(CCNCC2)C1. The zero-order valence-electron chi connectivity index (χ0n) is 22.2. The largest absolute Gasteiger partial charge is 0.453 e. The summed E-state index contributed by atoms with van der Waals surface area (Å²) < 4.78 is 45.0. The summed E-state index contributed by atoms with van der Waals surface area (Å²) in [5.74, 6) is -0.543. The van der Waals surface area contributed by atoms with Gasteiger partial charge in [-0.15, -0.1) is 0 Å². The maximum absolute atomic E-state index is 14.8. The van der Waals surface area contributed by atoms with Gasteiger partial charge in [0.2, 0.25) is 6.41 Å². The Morgan fingerprint density at radius 3 is 2.88 bits per heavy atom. The number of hydrogen-bond acceptors (Lipinski definition) is 9. The average molecular weight is 571 g/mol. The lowest BCUT2D eigenvalue weighted by atomic mass is 9.88. The maximum atomic E-state index is 14.8. The molecule has 3 aliphatic rings. The van der Waals surface area contributed by atoms with Crippen molar-refractivity contribution < 1.29 is 23.0 Å². The first kappa shape index (κ1) is 28.3. The minimum atomic E-state index is -0.878. The molecular formula is C28H32F2N6O3S. The first-order chi connectivity index (χ1) is 19.4. The van der Waals surface area contributed by atoms with Gasteiger partial charge in [0.25, 0.3) is 0 Å². The number of alkyl halides is 1. The van der Waals surface area contributed by atoms with Gasteiger partial charge >= 0.3 is 0 Å². The van der Waals surface area contributed by atoms with Crippen molar-refractivity contribution in [2.45, 2.75) is 50.4 Å². The second-order valence-electron chi connectivity index (χ2n) is 10.3. The van der Waals surface area contributed by atoms with Crippen LogP contribution in [0.15, 0.2) is 35.3 Å². The van der Waals surface area contributed by atoms with Crippen LogP contribution in [0.2, 0.25) is 0 Å². The number of carbonyl (C=O) groups is 1. The second-order valence-corrected chi connectivity index (χ2v) is 11.2. The highest BCUT2D eigenvalue weighted by atomic mass is 32.2. The van der Waals surface area contributed by atoms with Crippen LogP contribution >= 0.6 is 12.1 Å². The first-order valence-electron chi connectivity index (χ1n) is 13.3. The highest BCUT2D eigenvalue weighted by Gasteiger charge is 2.42. The lowest BCUT2D eigenvalue weighted by Crippen LogP contribution is -2.42. The molecule has 3 saturated heterocycles. The van der Waals surface area contributed by atoms with Gasteiger partial charge in [-0.25, -0.2) is 18.1 Å². The first-order valence-corrected chi connectivity index (χ1v) is 14.1. The van der Waals surface area contributed by atoms with E-state index in [1.807, 2.05) is 17.3 Å². The smallest absolute Gasteiger partial charge is 0.215 e. The Morgan fingerprint density at radius 1 is 1.35 bits per heavy atom. The standard InChI is InChI=1S/C28H32F2N6O3S/c1-19-12-22(39-27-23(14-31)26(5-3-24(27)30)34-40-36-11-6-20(29)15-36)2-4-25(19)33-17-35(18-37)21-13-28(38-16-21)7-9-32-10-8-28/h2-5,12,17-18,20-21,32,34H,6-11,13,15-16H2,1H3/b33-17-. The third-order valence-corrected chi connectivity index (χ3v) is 8.47. The van der Waals surface area contributed by atoms with E-state index in [1.165, 1.54) is 30.6 Å². The number of carbonyl (C=O) groups excluding carboxylic acids is 1. The number of anilines is 1. The van der Waals surface area contributed by atoms with Crippen molar-refractivity contribution in [2.75, 3.05) is 37.5 Å². The monoisotopic (exact) mass is 570 g/mol. The van der Waals surface area contributed by atoms with Crippen LogP contribution in [0.5, 0.6) is 11.5 Å². The Morgan fingerprint density at radius 2 is 2.17 bits per heavy atom. The molecule has 2 atom stereocenters. The molecular weight excluding hydrogens is 538 g/mol. The van der Waals surface area contributed by atoms with E-state index in [4.69, 9.17) is 9.47 Å². The summed E-state index contributed by atoms with van der Waals surface area (Å²) in [6.45, 7) is 5.00. The number of hydrogen-bond donors (Lipinski definition) is 2. The van der Waals surface area contributed by atoms with Crippen LogP contribution in [-0.4, -0.2) is 72.6 Å². The van der Waals surface area contributed by atoms with Crippen molar-refractivity contribution in [3.05, 3.63) is 47.3 Å². The molecule has 3 aliphatic heterocycles.